The monoisotopic (exact) mass is 681 g/mol. The second kappa shape index (κ2) is 12.6. The first-order valence-electron chi connectivity index (χ1n) is 18.5. The molecule has 11 heteroatoms. The number of hydrogen-bond donors (Lipinski definition) is 1. The molecule has 3 aliphatic heterocycles. The number of nitrogens with zero attached hydrogens (tertiary/aromatic N) is 6. The number of piperidine rings is 2. The first-order chi connectivity index (χ1) is 24.0. The van der Waals surface area contributed by atoms with E-state index >= 15 is 0 Å². The summed E-state index contributed by atoms with van der Waals surface area (Å²) in [5, 5.41) is 9.71. The molecule has 8 rings (SSSR count). The lowest BCUT2D eigenvalue weighted by Gasteiger charge is -2.53. The molecule has 4 aromatic rings. The summed E-state index contributed by atoms with van der Waals surface area (Å²) in [5.41, 5.74) is 6.19. The summed E-state index contributed by atoms with van der Waals surface area (Å²) in [7, 11) is 2.16. The van der Waals surface area contributed by atoms with Gasteiger partial charge < -0.3 is 28.9 Å². The Balaban J connectivity index is 1.20. The standard InChI is InChI=1S/C39H51N7O4/c1-7-48-34-32(31-24(2)8-11-30-29(31)21-40-43-30)27(25-9-10-25)20-28-33(34)41-36(49-26-12-16-44(6)17-13-26)42-35(28)45-18-14-39(15-19-45)22-46(23-39)37(47)50-38(3,4)5/h8,11,20-21,25-26H,7,9-10,12-19,22-23H2,1-6H3,(H,40,43). The summed E-state index contributed by atoms with van der Waals surface area (Å²) >= 11 is 0. The van der Waals surface area contributed by atoms with Gasteiger partial charge in [-0.25, -0.2) is 4.79 Å². The van der Waals surface area contributed by atoms with Crippen LogP contribution in [-0.2, 0) is 4.74 Å². The maximum Gasteiger partial charge on any atom is 0.410 e. The van der Waals surface area contributed by atoms with Crippen LogP contribution in [0.3, 0.4) is 0 Å². The van der Waals surface area contributed by atoms with Crippen LogP contribution in [-0.4, -0.2) is 101 Å². The topological polar surface area (TPSA) is 109 Å². The minimum atomic E-state index is -0.492. The van der Waals surface area contributed by atoms with Crippen LogP contribution >= 0.6 is 0 Å². The van der Waals surface area contributed by atoms with E-state index in [0.29, 0.717) is 18.5 Å². The van der Waals surface area contributed by atoms with E-state index in [4.69, 9.17) is 24.2 Å². The zero-order valence-corrected chi connectivity index (χ0v) is 30.5. The van der Waals surface area contributed by atoms with E-state index in [9.17, 15) is 4.79 Å². The van der Waals surface area contributed by atoms with Gasteiger partial charge in [0, 0.05) is 61.0 Å². The van der Waals surface area contributed by atoms with Crippen molar-refractivity contribution >= 4 is 33.7 Å². The molecule has 266 valence electrons. The van der Waals surface area contributed by atoms with Gasteiger partial charge in [-0.1, -0.05) is 6.07 Å². The van der Waals surface area contributed by atoms with Crippen molar-refractivity contribution < 1.29 is 19.0 Å². The minimum Gasteiger partial charge on any atom is -0.491 e. The van der Waals surface area contributed by atoms with E-state index in [2.05, 4.69) is 52.2 Å². The zero-order chi connectivity index (χ0) is 34.8. The predicted octanol–water partition coefficient (Wildman–Crippen LogP) is 7.07. The number of aromatic amines is 1. The number of fused-ring (bicyclic) bond motifs is 2. The Hall–Kier alpha value is -4.12. The lowest BCUT2D eigenvalue weighted by atomic mass is 9.72. The maximum absolute atomic E-state index is 12.7. The third kappa shape index (κ3) is 6.22. The molecule has 1 N–H and O–H groups in total. The number of carbonyl (C=O) groups is 1. The average molecular weight is 682 g/mol. The number of hydrogen-bond acceptors (Lipinski definition) is 9. The third-order valence-electron chi connectivity index (χ3n) is 11.1. The molecule has 2 aromatic carbocycles. The van der Waals surface area contributed by atoms with Crippen molar-refractivity contribution in [2.24, 2.45) is 5.41 Å². The maximum atomic E-state index is 12.7. The van der Waals surface area contributed by atoms with Crippen LogP contribution in [0.1, 0.15) is 83.3 Å². The largest absolute Gasteiger partial charge is 0.491 e. The van der Waals surface area contributed by atoms with Crippen molar-refractivity contribution in [3.8, 4) is 22.9 Å². The zero-order valence-electron chi connectivity index (χ0n) is 30.5. The van der Waals surface area contributed by atoms with E-state index in [1.54, 1.807) is 0 Å². The molecule has 0 atom stereocenters. The molecule has 1 spiro atoms. The second-order valence-electron chi connectivity index (χ2n) is 16.1. The number of likely N-dealkylation sites (tertiary alicyclic amines) is 2. The summed E-state index contributed by atoms with van der Waals surface area (Å²) in [6, 6.07) is 7.05. The Morgan fingerprint density at radius 2 is 1.74 bits per heavy atom. The van der Waals surface area contributed by atoms with Crippen LogP contribution in [0.4, 0.5) is 10.6 Å². The molecule has 50 heavy (non-hydrogen) atoms. The quantitative estimate of drug-likeness (QED) is 0.219. The van der Waals surface area contributed by atoms with Crippen molar-refractivity contribution in [3.63, 3.8) is 0 Å². The van der Waals surface area contributed by atoms with Gasteiger partial charge in [-0.05, 0) is 115 Å². The molecule has 2 aromatic heterocycles. The number of carbonyl (C=O) groups excluding carboxylic acids is 1. The third-order valence-corrected chi connectivity index (χ3v) is 11.1. The van der Waals surface area contributed by atoms with Gasteiger partial charge in [0.05, 0.1) is 18.3 Å². The molecule has 1 aliphatic carbocycles. The van der Waals surface area contributed by atoms with Gasteiger partial charge in [-0.2, -0.15) is 15.1 Å². The molecule has 1 saturated carbocycles. The summed E-state index contributed by atoms with van der Waals surface area (Å²) < 4.78 is 19.0. The lowest BCUT2D eigenvalue weighted by molar-refractivity contribution is -0.0434. The number of nitrogens with one attached hydrogen (secondary N) is 1. The van der Waals surface area contributed by atoms with Crippen LogP contribution in [0.5, 0.6) is 11.8 Å². The molecule has 0 unspecified atom stereocenters. The number of anilines is 1. The van der Waals surface area contributed by atoms with E-state index in [1.807, 2.05) is 38.8 Å². The predicted molar refractivity (Wildman–Crippen MR) is 195 cm³/mol. The average Bonchev–Trinajstić information content (AvgIpc) is 3.80. The molecule has 4 aliphatic rings. The molecular weight excluding hydrogens is 630 g/mol. The Labute approximate surface area is 294 Å². The van der Waals surface area contributed by atoms with Crippen molar-refractivity contribution in [3.05, 3.63) is 35.5 Å². The molecule has 5 heterocycles. The smallest absolute Gasteiger partial charge is 0.410 e. The fraction of sp³-hybridized carbons (Fsp3) is 0.590. The fourth-order valence-corrected chi connectivity index (χ4v) is 8.21. The number of aromatic nitrogens is 4. The van der Waals surface area contributed by atoms with E-state index in [1.165, 1.54) is 11.1 Å². The highest BCUT2D eigenvalue weighted by molar-refractivity contribution is 6.06. The SMILES string of the molecule is CCOc1c(-c2c(C)ccc3[nH]ncc23)c(C2CC2)cc2c(N3CCC4(CC3)CN(C(=O)OC(C)(C)C)C4)nc(OC3CCN(C)CC3)nc12. The molecule has 11 nitrogen and oxygen atoms in total. The van der Waals surface area contributed by atoms with Gasteiger partial charge in [0.2, 0.25) is 0 Å². The van der Waals surface area contributed by atoms with Crippen molar-refractivity contribution in [1.29, 1.82) is 0 Å². The number of ether oxygens (including phenoxy) is 3. The van der Waals surface area contributed by atoms with Crippen LogP contribution < -0.4 is 14.4 Å². The Morgan fingerprint density at radius 1 is 1.00 bits per heavy atom. The lowest BCUT2D eigenvalue weighted by Crippen LogP contribution is -2.62. The van der Waals surface area contributed by atoms with Crippen molar-refractivity contribution in [2.75, 3.05) is 57.8 Å². The Morgan fingerprint density at radius 3 is 2.42 bits per heavy atom. The first kappa shape index (κ1) is 33.0. The first-order valence-corrected chi connectivity index (χ1v) is 18.5. The van der Waals surface area contributed by atoms with Crippen LogP contribution in [0.2, 0.25) is 0 Å². The number of rotatable bonds is 7. The van der Waals surface area contributed by atoms with Gasteiger partial charge in [-0.3, -0.25) is 5.10 Å². The molecule has 3 saturated heterocycles. The number of aryl methyl sites for hydroxylation is 1. The highest BCUT2D eigenvalue weighted by Crippen LogP contribution is 2.53. The Bertz CT molecular complexity index is 1910. The van der Waals surface area contributed by atoms with E-state index < -0.39 is 5.60 Å². The number of benzene rings is 2. The highest BCUT2D eigenvalue weighted by atomic mass is 16.6. The van der Waals surface area contributed by atoms with E-state index in [-0.39, 0.29) is 17.6 Å². The van der Waals surface area contributed by atoms with Crippen LogP contribution in [0.25, 0.3) is 32.9 Å². The summed E-state index contributed by atoms with van der Waals surface area (Å²) in [4.78, 5) is 29.8. The molecule has 1 amide bonds. The summed E-state index contributed by atoms with van der Waals surface area (Å²) in [6.07, 6.45) is 7.94. The fourth-order valence-electron chi connectivity index (χ4n) is 8.21. The summed E-state index contributed by atoms with van der Waals surface area (Å²) in [5.74, 6) is 2.18. The van der Waals surface area contributed by atoms with Gasteiger partial charge in [0.25, 0.3) is 0 Å². The van der Waals surface area contributed by atoms with Crippen molar-refractivity contribution in [1.82, 2.24) is 30.0 Å². The Kier molecular flexibility index (Phi) is 8.32. The summed E-state index contributed by atoms with van der Waals surface area (Å²) in [6.45, 7) is 15.7. The van der Waals surface area contributed by atoms with Gasteiger partial charge >= 0.3 is 12.1 Å². The van der Waals surface area contributed by atoms with Gasteiger partial charge in [-0.15, -0.1) is 0 Å². The number of amides is 1. The number of H-pyrrole nitrogens is 1. The molecule has 0 radical (unpaired) electrons. The molecular formula is C39H51N7O4. The molecule has 0 bridgehead atoms. The minimum absolute atomic E-state index is 0.0672. The van der Waals surface area contributed by atoms with Crippen molar-refractivity contribution in [2.45, 2.75) is 90.8 Å². The van der Waals surface area contributed by atoms with Gasteiger partial charge in [0.15, 0.2) is 5.75 Å². The van der Waals surface area contributed by atoms with E-state index in [0.717, 1.165) is 122 Å². The highest BCUT2D eigenvalue weighted by Gasteiger charge is 2.48. The normalized spacial score (nSPS) is 20.0. The second-order valence-corrected chi connectivity index (χ2v) is 16.1. The van der Waals surface area contributed by atoms with Crippen LogP contribution in [0.15, 0.2) is 24.4 Å². The molecule has 4 fully saturated rings. The van der Waals surface area contributed by atoms with Gasteiger partial charge in [0.1, 0.15) is 23.0 Å². The van der Waals surface area contributed by atoms with Crippen LogP contribution in [0, 0.1) is 12.3 Å².